The molecule has 0 unspecified atom stereocenters. The molecule has 0 saturated carbocycles. The van der Waals surface area contributed by atoms with Crippen molar-refractivity contribution >= 4 is 0 Å². The molecule has 0 bridgehead atoms. The standard InChI is InChI=1S/C16H29N3O/c1-6-19(7-2)10-11-20-16-9-8-14(5)18-15(16)12-17-13(3)4/h8-9,13,17H,6-7,10-12H2,1-5H3. The van der Waals surface area contributed by atoms with Gasteiger partial charge in [0, 0.05) is 24.8 Å². The minimum Gasteiger partial charge on any atom is -0.490 e. The van der Waals surface area contributed by atoms with Crippen LogP contribution in [-0.4, -0.2) is 42.2 Å². The highest BCUT2D eigenvalue weighted by Gasteiger charge is 2.07. The predicted molar refractivity (Wildman–Crippen MR) is 84.2 cm³/mol. The van der Waals surface area contributed by atoms with Crippen LogP contribution in [0.2, 0.25) is 0 Å². The summed E-state index contributed by atoms with van der Waals surface area (Å²) in [5.41, 5.74) is 2.03. The maximum atomic E-state index is 5.91. The second kappa shape index (κ2) is 8.93. The fourth-order valence-corrected chi connectivity index (χ4v) is 1.98. The molecular weight excluding hydrogens is 250 g/mol. The van der Waals surface area contributed by atoms with Gasteiger partial charge in [-0.15, -0.1) is 0 Å². The van der Waals surface area contributed by atoms with Crippen molar-refractivity contribution in [2.75, 3.05) is 26.2 Å². The highest BCUT2D eigenvalue weighted by Crippen LogP contribution is 2.17. The number of likely N-dealkylation sites (N-methyl/N-ethyl adjacent to an activating group) is 1. The number of hydrogen-bond acceptors (Lipinski definition) is 4. The first kappa shape index (κ1) is 16.9. The number of hydrogen-bond donors (Lipinski definition) is 1. The van der Waals surface area contributed by atoms with Gasteiger partial charge in [-0.3, -0.25) is 4.98 Å². The van der Waals surface area contributed by atoms with E-state index in [4.69, 9.17) is 4.74 Å². The summed E-state index contributed by atoms with van der Waals surface area (Å²) >= 11 is 0. The molecule has 0 aromatic carbocycles. The Morgan fingerprint density at radius 3 is 2.55 bits per heavy atom. The molecule has 114 valence electrons. The van der Waals surface area contributed by atoms with E-state index in [1.165, 1.54) is 0 Å². The first-order chi connectivity index (χ1) is 9.56. The second-order valence-corrected chi connectivity index (χ2v) is 5.31. The van der Waals surface area contributed by atoms with Crippen LogP contribution in [-0.2, 0) is 6.54 Å². The minimum absolute atomic E-state index is 0.445. The lowest BCUT2D eigenvalue weighted by Crippen LogP contribution is -2.28. The number of nitrogens with one attached hydrogen (secondary N) is 1. The van der Waals surface area contributed by atoms with Crippen molar-refractivity contribution in [1.29, 1.82) is 0 Å². The largest absolute Gasteiger partial charge is 0.490 e. The summed E-state index contributed by atoms with van der Waals surface area (Å²) in [6.07, 6.45) is 0. The average molecular weight is 279 g/mol. The zero-order valence-corrected chi connectivity index (χ0v) is 13.6. The molecule has 1 heterocycles. The van der Waals surface area contributed by atoms with Gasteiger partial charge in [0.05, 0.1) is 5.69 Å². The van der Waals surface area contributed by atoms with E-state index in [9.17, 15) is 0 Å². The van der Waals surface area contributed by atoms with Gasteiger partial charge in [-0.05, 0) is 32.1 Å². The number of pyridine rings is 1. The predicted octanol–water partition coefficient (Wildman–Crippen LogP) is 2.61. The van der Waals surface area contributed by atoms with Crippen LogP contribution in [0.15, 0.2) is 12.1 Å². The highest BCUT2D eigenvalue weighted by molar-refractivity contribution is 5.29. The molecule has 0 aliphatic rings. The van der Waals surface area contributed by atoms with Gasteiger partial charge in [-0.1, -0.05) is 27.7 Å². The molecule has 0 saturated heterocycles. The number of ether oxygens (including phenoxy) is 1. The molecule has 0 fully saturated rings. The normalized spacial score (nSPS) is 11.3. The van der Waals surface area contributed by atoms with Gasteiger partial charge < -0.3 is 15.0 Å². The molecule has 1 aromatic rings. The summed E-state index contributed by atoms with van der Waals surface area (Å²) in [5, 5.41) is 3.40. The number of aryl methyl sites for hydroxylation is 1. The molecule has 4 nitrogen and oxygen atoms in total. The molecule has 0 aliphatic carbocycles. The molecule has 0 amide bonds. The number of aromatic nitrogens is 1. The van der Waals surface area contributed by atoms with E-state index in [2.05, 4.69) is 42.9 Å². The van der Waals surface area contributed by atoms with Gasteiger partial charge in [-0.25, -0.2) is 0 Å². The lowest BCUT2D eigenvalue weighted by molar-refractivity contribution is 0.220. The van der Waals surface area contributed by atoms with Crippen molar-refractivity contribution in [3.05, 3.63) is 23.5 Å². The third-order valence-electron chi connectivity index (χ3n) is 3.31. The monoisotopic (exact) mass is 279 g/mol. The average Bonchev–Trinajstić information content (AvgIpc) is 2.43. The zero-order valence-electron chi connectivity index (χ0n) is 13.6. The van der Waals surface area contributed by atoms with Crippen molar-refractivity contribution in [3.8, 4) is 5.75 Å². The second-order valence-electron chi connectivity index (χ2n) is 5.31. The third-order valence-corrected chi connectivity index (χ3v) is 3.31. The molecular formula is C16H29N3O. The summed E-state index contributed by atoms with van der Waals surface area (Å²) in [6.45, 7) is 15.2. The summed E-state index contributed by atoms with van der Waals surface area (Å²) in [7, 11) is 0. The maximum Gasteiger partial charge on any atom is 0.142 e. The van der Waals surface area contributed by atoms with Crippen LogP contribution in [0.5, 0.6) is 5.75 Å². The van der Waals surface area contributed by atoms with Crippen molar-refractivity contribution in [1.82, 2.24) is 15.2 Å². The molecule has 20 heavy (non-hydrogen) atoms. The molecule has 1 rings (SSSR count). The van der Waals surface area contributed by atoms with E-state index in [1.54, 1.807) is 0 Å². The van der Waals surface area contributed by atoms with Gasteiger partial charge in [0.1, 0.15) is 12.4 Å². The number of nitrogens with zero attached hydrogens (tertiary/aromatic N) is 2. The quantitative estimate of drug-likeness (QED) is 0.754. The summed E-state index contributed by atoms with van der Waals surface area (Å²) < 4.78 is 5.91. The van der Waals surface area contributed by atoms with Crippen LogP contribution in [0.4, 0.5) is 0 Å². The summed E-state index contributed by atoms with van der Waals surface area (Å²) in [6, 6.07) is 4.48. The van der Waals surface area contributed by atoms with Gasteiger partial charge in [0.2, 0.25) is 0 Å². The zero-order chi connectivity index (χ0) is 15.0. The maximum absolute atomic E-state index is 5.91. The lowest BCUT2D eigenvalue weighted by atomic mass is 10.2. The Morgan fingerprint density at radius 2 is 1.95 bits per heavy atom. The van der Waals surface area contributed by atoms with Crippen LogP contribution >= 0.6 is 0 Å². The highest BCUT2D eigenvalue weighted by atomic mass is 16.5. The third kappa shape index (κ3) is 5.88. The van der Waals surface area contributed by atoms with Crippen molar-refractivity contribution in [2.45, 2.75) is 47.2 Å². The van der Waals surface area contributed by atoms with Gasteiger partial charge in [0.15, 0.2) is 0 Å². The van der Waals surface area contributed by atoms with Crippen LogP contribution in [0.1, 0.15) is 39.1 Å². The first-order valence-corrected chi connectivity index (χ1v) is 7.61. The van der Waals surface area contributed by atoms with E-state index in [1.807, 2.05) is 19.1 Å². The fraction of sp³-hybridized carbons (Fsp3) is 0.688. The van der Waals surface area contributed by atoms with Crippen molar-refractivity contribution in [2.24, 2.45) is 0 Å². The number of rotatable bonds is 9. The van der Waals surface area contributed by atoms with E-state index < -0.39 is 0 Å². The van der Waals surface area contributed by atoms with E-state index >= 15 is 0 Å². The summed E-state index contributed by atoms with van der Waals surface area (Å²) in [5.74, 6) is 0.899. The Labute approximate surface area is 123 Å². The minimum atomic E-state index is 0.445. The molecule has 4 heteroatoms. The Balaban J connectivity index is 2.59. The topological polar surface area (TPSA) is 37.4 Å². The first-order valence-electron chi connectivity index (χ1n) is 7.61. The smallest absolute Gasteiger partial charge is 0.142 e. The lowest BCUT2D eigenvalue weighted by Gasteiger charge is -2.19. The van der Waals surface area contributed by atoms with Crippen LogP contribution in [0.25, 0.3) is 0 Å². The van der Waals surface area contributed by atoms with Crippen LogP contribution < -0.4 is 10.1 Å². The molecule has 0 aliphatic heterocycles. The fourth-order valence-electron chi connectivity index (χ4n) is 1.98. The van der Waals surface area contributed by atoms with E-state index in [0.717, 1.165) is 43.3 Å². The molecule has 1 aromatic heterocycles. The molecule has 0 radical (unpaired) electrons. The Bertz CT molecular complexity index is 389. The van der Waals surface area contributed by atoms with Gasteiger partial charge >= 0.3 is 0 Å². The Morgan fingerprint density at radius 1 is 1.25 bits per heavy atom. The Kier molecular flexibility index (Phi) is 7.55. The van der Waals surface area contributed by atoms with Crippen LogP contribution in [0.3, 0.4) is 0 Å². The molecule has 0 atom stereocenters. The van der Waals surface area contributed by atoms with Gasteiger partial charge in [-0.2, -0.15) is 0 Å². The SMILES string of the molecule is CCN(CC)CCOc1ccc(C)nc1CNC(C)C. The van der Waals surface area contributed by atoms with E-state index in [0.29, 0.717) is 12.6 Å². The molecule has 0 spiro atoms. The van der Waals surface area contributed by atoms with E-state index in [-0.39, 0.29) is 0 Å². The van der Waals surface area contributed by atoms with Crippen LogP contribution in [0, 0.1) is 6.92 Å². The summed E-state index contributed by atoms with van der Waals surface area (Å²) in [4.78, 5) is 6.94. The van der Waals surface area contributed by atoms with Crippen molar-refractivity contribution < 1.29 is 4.74 Å². The Hall–Kier alpha value is -1.13. The van der Waals surface area contributed by atoms with Crippen molar-refractivity contribution in [3.63, 3.8) is 0 Å². The van der Waals surface area contributed by atoms with Gasteiger partial charge in [0.25, 0.3) is 0 Å². The molecule has 1 N–H and O–H groups in total.